The van der Waals surface area contributed by atoms with Gasteiger partial charge < -0.3 is 0 Å². The number of nitrogens with zero attached hydrogens (tertiary/aromatic N) is 2. The number of benzene rings is 3. The minimum absolute atomic E-state index is 0.0449. The highest BCUT2D eigenvalue weighted by Crippen LogP contribution is 2.37. The van der Waals surface area contributed by atoms with E-state index in [0.29, 0.717) is 5.92 Å². The zero-order chi connectivity index (χ0) is 22.5. The number of aryl methyl sites for hydroxylation is 2. The van der Waals surface area contributed by atoms with Crippen LogP contribution < -0.4 is 0 Å². The lowest BCUT2D eigenvalue weighted by Gasteiger charge is -2.23. The topological polar surface area (TPSA) is 25.8 Å². The summed E-state index contributed by atoms with van der Waals surface area (Å²) in [6.07, 6.45) is 5.26. The van der Waals surface area contributed by atoms with Crippen LogP contribution in [0.25, 0.3) is 33.4 Å². The molecule has 5 rings (SSSR count). The van der Waals surface area contributed by atoms with Crippen LogP contribution in [0.3, 0.4) is 0 Å². The smallest absolute Gasteiger partial charge is 0.159 e. The molecule has 3 aromatic carbocycles. The van der Waals surface area contributed by atoms with Crippen LogP contribution in [0.4, 0.5) is 0 Å². The number of aromatic nitrogens is 2. The van der Waals surface area contributed by atoms with Crippen LogP contribution in [0.15, 0.2) is 60.8 Å². The summed E-state index contributed by atoms with van der Waals surface area (Å²) in [5.74, 6) is 1.49. The molecule has 1 heterocycles. The summed E-state index contributed by atoms with van der Waals surface area (Å²) in [6.45, 7) is 11.4. The predicted molar refractivity (Wildman–Crippen MR) is 135 cm³/mol. The first kappa shape index (κ1) is 20.9. The van der Waals surface area contributed by atoms with E-state index in [0.717, 1.165) is 36.3 Å². The third-order valence-electron chi connectivity index (χ3n) is 6.52. The van der Waals surface area contributed by atoms with Crippen LogP contribution >= 0.6 is 0 Å². The summed E-state index contributed by atoms with van der Waals surface area (Å²) in [4.78, 5) is 9.95. The van der Waals surface area contributed by atoms with Gasteiger partial charge >= 0.3 is 0 Å². The molecular weight excluding hydrogens is 388 g/mol. The first-order valence-electron chi connectivity index (χ1n) is 11.8. The summed E-state index contributed by atoms with van der Waals surface area (Å²) < 4.78 is 0. The van der Waals surface area contributed by atoms with E-state index >= 15 is 0 Å². The Bertz CT molecular complexity index is 1310. The molecule has 0 bridgehead atoms. The Hall–Kier alpha value is -3.00. The summed E-state index contributed by atoms with van der Waals surface area (Å²) in [6, 6.07) is 20.1. The van der Waals surface area contributed by atoms with Crippen LogP contribution in [0.1, 0.15) is 56.9 Å². The van der Waals surface area contributed by atoms with Gasteiger partial charge in [0.1, 0.15) is 0 Å². The molecule has 162 valence electrons. The second-order valence-electron chi connectivity index (χ2n) is 10.7. The highest BCUT2D eigenvalue weighted by atomic mass is 14.9. The highest BCUT2D eigenvalue weighted by Gasteiger charge is 2.22. The van der Waals surface area contributed by atoms with E-state index in [-0.39, 0.29) is 5.41 Å². The molecule has 0 radical (unpaired) electrons. The molecule has 1 aromatic heterocycles. The molecule has 32 heavy (non-hydrogen) atoms. The fourth-order valence-electron chi connectivity index (χ4n) is 4.97. The Balaban J connectivity index is 1.63. The standard InChI is InChI=1S/C30H32N2/c1-19(2)14-20-10-13-26-22(15-20)11-12-23-18-31-29(32-28(23)26)24-16-21-8-6-7-9-25(21)27(17-24)30(3,4)5/h6-10,13,15-19H,11-12,14H2,1-5H3. The summed E-state index contributed by atoms with van der Waals surface area (Å²) in [5.41, 5.74) is 8.98. The van der Waals surface area contributed by atoms with Gasteiger partial charge in [-0.05, 0) is 75.8 Å². The molecule has 0 amide bonds. The largest absolute Gasteiger partial charge is 0.236 e. The average molecular weight is 421 g/mol. The van der Waals surface area contributed by atoms with Crippen LogP contribution in [0, 0.1) is 5.92 Å². The van der Waals surface area contributed by atoms with Crippen molar-refractivity contribution in [3.8, 4) is 22.6 Å². The number of fused-ring (bicyclic) bond motifs is 4. The number of hydrogen-bond donors (Lipinski definition) is 0. The molecule has 2 nitrogen and oxygen atoms in total. The maximum absolute atomic E-state index is 5.13. The Labute approximate surface area is 191 Å². The predicted octanol–water partition coefficient (Wildman–Crippen LogP) is 7.56. The van der Waals surface area contributed by atoms with Crippen molar-refractivity contribution < 1.29 is 0 Å². The van der Waals surface area contributed by atoms with E-state index in [2.05, 4.69) is 95.4 Å². The van der Waals surface area contributed by atoms with E-state index in [1.807, 2.05) is 0 Å². The summed E-state index contributed by atoms with van der Waals surface area (Å²) >= 11 is 0. The molecular formula is C30H32N2. The Morgan fingerprint density at radius 2 is 1.69 bits per heavy atom. The van der Waals surface area contributed by atoms with Gasteiger partial charge in [-0.15, -0.1) is 0 Å². The SMILES string of the molecule is CC(C)Cc1ccc2c(c1)CCc1cnc(-c3cc(C(C)(C)C)c4ccccc4c3)nc1-2. The highest BCUT2D eigenvalue weighted by molar-refractivity contribution is 5.90. The lowest BCUT2D eigenvalue weighted by atomic mass is 9.82. The Morgan fingerprint density at radius 3 is 2.47 bits per heavy atom. The van der Waals surface area contributed by atoms with Gasteiger partial charge in [-0.1, -0.05) is 77.1 Å². The Kier molecular flexibility index (Phi) is 5.12. The van der Waals surface area contributed by atoms with Gasteiger partial charge in [0.05, 0.1) is 5.69 Å². The minimum atomic E-state index is 0.0449. The van der Waals surface area contributed by atoms with Gasteiger partial charge in [-0.25, -0.2) is 9.97 Å². The molecule has 0 saturated heterocycles. The van der Waals surface area contributed by atoms with Crippen molar-refractivity contribution in [3.63, 3.8) is 0 Å². The van der Waals surface area contributed by atoms with E-state index in [1.165, 1.54) is 38.6 Å². The van der Waals surface area contributed by atoms with Crippen molar-refractivity contribution in [3.05, 3.63) is 83.0 Å². The molecule has 0 saturated carbocycles. The zero-order valence-corrected chi connectivity index (χ0v) is 19.9. The maximum atomic E-state index is 5.13. The summed E-state index contributed by atoms with van der Waals surface area (Å²) in [7, 11) is 0. The fourth-order valence-corrected chi connectivity index (χ4v) is 4.97. The first-order valence-corrected chi connectivity index (χ1v) is 11.8. The maximum Gasteiger partial charge on any atom is 0.159 e. The van der Waals surface area contributed by atoms with Crippen molar-refractivity contribution in [1.82, 2.24) is 9.97 Å². The minimum Gasteiger partial charge on any atom is -0.236 e. The normalized spacial score (nSPS) is 13.3. The van der Waals surface area contributed by atoms with Crippen LogP contribution in [-0.2, 0) is 24.7 Å². The van der Waals surface area contributed by atoms with E-state index in [9.17, 15) is 0 Å². The van der Waals surface area contributed by atoms with Crippen molar-refractivity contribution in [2.45, 2.75) is 59.3 Å². The molecule has 0 N–H and O–H groups in total. The first-order chi connectivity index (χ1) is 15.3. The number of rotatable bonds is 3. The van der Waals surface area contributed by atoms with Gasteiger partial charge in [0.2, 0.25) is 0 Å². The molecule has 0 fully saturated rings. The van der Waals surface area contributed by atoms with Crippen molar-refractivity contribution in [1.29, 1.82) is 0 Å². The molecule has 2 heteroatoms. The fraction of sp³-hybridized carbons (Fsp3) is 0.333. The Morgan fingerprint density at radius 1 is 0.906 bits per heavy atom. The van der Waals surface area contributed by atoms with Crippen LogP contribution in [0.5, 0.6) is 0 Å². The third-order valence-corrected chi connectivity index (χ3v) is 6.52. The molecule has 0 atom stereocenters. The number of hydrogen-bond acceptors (Lipinski definition) is 2. The lowest BCUT2D eigenvalue weighted by Crippen LogP contribution is -2.12. The molecule has 1 aliphatic rings. The van der Waals surface area contributed by atoms with E-state index in [1.54, 1.807) is 0 Å². The van der Waals surface area contributed by atoms with Gasteiger partial charge in [-0.3, -0.25) is 0 Å². The van der Waals surface area contributed by atoms with E-state index < -0.39 is 0 Å². The second-order valence-corrected chi connectivity index (χ2v) is 10.7. The van der Waals surface area contributed by atoms with Crippen molar-refractivity contribution in [2.24, 2.45) is 5.92 Å². The molecule has 1 aliphatic carbocycles. The van der Waals surface area contributed by atoms with Crippen LogP contribution in [-0.4, -0.2) is 9.97 Å². The molecule has 0 unspecified atom stereocenters. The van der Waals surface area contributed by atoms with E-state index in [4.69, 9.17) is 9.97 Å². The average Bonchev–Trinajstić information content (AvgIpc) is 2.76. The molecule has 0 spiro atoms. The summed E-state index contributed by atoms with van der Waals surface area (Å²) in [5, 5.41) is 2.56. The van der Waals surface area contributed by atoms with Crippen LogP contribution in [0.2, 0.25) is 0 Å². The van der Waals surface area contributed by atoms with Gasteiger partial charge in [0, 0.05) is 17.3 Å². The quantitative estimate of drug-likeness (QED) is 0.342. The lowest BCUT2D eigenvalue weighted by molar-refractivity contribution is 0.596. The zero-order valence-electron chi connectivity index (χ0n) is 19.9. The van der Waals surface area contributed by atoms with Gasteiger partial charge in [-0.2, -0.15) is 0 Å². The molecule has 0 aliphatic heterocycles. The van der Waals surface area contributed by atoms with Gasteiger partial charge in [0.15, 0.2) is 5.82 Å². The second kappa shape index (κ2) is 7.85. The van der Waals surface area contributed by atoms with Crippen molar-refractivity contribution >= 4 is 10.8 Å². The van der Waals surface area contributed by atoms with Gasteiger partial charge in [0.25, 0.3) is 0 Å². The molecule has 4 aromatic rings. The third kappa shape index (κ3) is 3.83. The van der Waals surface area contributed by atoms with Crippen molar-refractivity contribution in [2.75, 3.05) is 0 Å². The monoisotopic (exact) mass is 420 g/mol.